The van der Waals surface area contributed by atoms with Crippen molar-refractivity contribution in [3.63, 3.8) is 0 Å². The average molecular weight is 303 g/mol. The van der Waals surface area contributed by atoms with E-state index in [1.54, 1.807) is 6.26 Å². The molecule has 0 unspecified atom stereocenters. The van der Waals surface area contributed by atoms with Gasteiger partial charge < -0.3 is 0 Å². The molecule has 9 heteroatoms. The third kappa shape index (κ3) is 2.77. The Kier molecular flexibility index (Phi) is 3.98. The topological polar surface area (TPSA) is 67.8 Å². The van der Waals surface area contributed by atoms with Crippen molar-refractivity contribution >= 4 is 11.8 Å². The third-order valence-corrected chi connectivity index (χ3v) is 3.16. The Labute approximate surface area is 114 Å². The lowest BCUT2D eigenvalue weighted by Crippen LogP contribution is -2.33. The minimum atomic E-state index is -1.32. The highest BCUT2D eigenvalue weighted by Crippen LogP contribution is 2.16. The summed E-state index contributed by atoms with van der Waals surface area (Å²) >= 11 is 0.998. The van der Waals surface area contributed by atoms with Gasteiger partial charge in [-0.15, -0.1) is 0 Å². The molecule has 0 fully saturated rings. The van der Waals surface area contributed by atoms with Crippen LogP contribution in [-0.2, 0) is 6.54 Å². The fourth-order valence-electron chi connectivity index (χ4n) is 1.57. The molecule has 0 aliphatic carbocycles. The summed E-state index contributed by atoms with van der Waals surface area (Å²) in [6.07, 6.45) is 1.57. The first-order valence-electron chi connectivity index (χ1n) is 5.31. The standard InChI is InChI=1S/C11H8F3N3O2S/c1-20-11-16-9(18)15-10(19)17(11)4-5-2-7(13)8(14)3-6(5)12/h2-3H,4H2,1H3,(H,15,18,19). The summed E-state index contributed by atoms with van der Waals surface area (Å²) in [5.74, 6) is -3.53. The maximum absolute atomic E-state index is 13.5. The van der Waals surface area contributed by atoms with Crippen LogP contribution in [0.1, 0.15) is 5.56 Å². The van der Waals surface area contributed by atoms with E-state index >= 15 is 0 Å². The van der Waals surface area contributed by atoms with Gasteiger partial charge in [-0.2, -0.15) is 4.98 Å². The van der Waals surface area contributed by atoms with Crippen molar-refractivity contribution in [2.24, 2.45) is 0 Å². The molecule has 1 N–H and O–H groups in total. The molecule has 2 rings (SSSR count). The van der Waals surface area contributed by atoms with Gasteiger partial charge in [-0.25, -0.2) is 22.8 Å². The van der Waals surface area contributed by atoms with Crippen LogP contribution in [0.25, 0.3) is 0 Å². The van der Waals surface area contributed by atoms with Crippen LogP contribution in [0.15, 0.2) is 26.9 Å². The number of hydrogen-bond donors (Lipinski definition) is 1. The molecule has 0 aliphatic heterocycles. The molecule has 1 aromatic carbocycles. The van der Waals surface area contributed by atoms with Crippen LogP contribution in [-0.4, -0.2) is 20.8 Å². The van der Waals surface area contributed by atoms with Crippen LogP contribution < -0.4 is 11.4 Å². The predicted octanol–water partition coefficient (Wildman–Crippen LogP) is 1.12. The van der Waals surface area contributed by atoms with E-state index in [0.29, 0.717) is 12.1 Å². The van der Waals surface area contributed by atoms with Crippen molar-refractivity contribution < 1.29 is 13.2 Å². The molecule has 0 radical (unpaired) electrons. The van der Waals surface area contributed by atoms with Crippen molar-refractivity contribution in [2.45, 2.75) is 11.7 Å². The Bertz CT molecular complexity index is 772. The fourth-order valence-corrected chi connectivity index (χ4v) is 2.11. The van der Waals surface area contributed by atoms with E-state index in [9.17, 15) is 22.8 Å². The Hall–Kier alpha value is -2.03. The number of benzene rings is 1. The van der Waals surface area contributed by atoms with E-state index in [4.69, 9.17) is 0 Å². The number of rotatable bonds is 3. The largest absolute Gasteiger partial charge is 0.351 e. The van der Waals surface area contributed by atoms with Crippen LogP contribution in [0.2, 0.25) is 0 Å². The minimum absolute atomic E-state index is 0.0443. The molecule has 0 atom stereocenters. The van der Waals surface area contributed by atoms with Crippen LogP contribution in [0.3, 0.4) is 0 Å². The van der Waals surface area contributed by atoms with Crippen molar-refractivity contribution in [1.29, 1.82) is 0 Å². The Balaban J connectivity index is 2.53. The van der Waals surface area contributed by atoms with Crippen LogP contribution in [0, 0.1) is 17.5 Å². The zero-order valence-electron chi connectivity index (χ0n) is 10.1. The van der Waals surface area contributed by atoms with Gasteiger partial charge in [-0.1, -0.05) is 11.8 Å². The van der Waals surface area contributed by atoms with Gasteiger partial charge in [0.15, 0.2) is 16.8 Å². The SMILES string of the molecule is CSc1nc(=O)[nH]c(=O)n1Cc1cc(F)c(F)cc1F. The summed E-state index contributed by atoms with van der Waals surface area (Å²) < 4.78 is 40.4. The molecule has 20 heavy (non-hydrogen) atoms. The van der Waals surface area contributed by atoms with Crippen LogP contribution in [0.4, 0.5) is 13.2 Å². The number of H-pyrrole nitrogens is 1. The van der Waals surface area contributed by atoms with Gasteiger partial charge in [0.1, 0.15) is 5.82 Å². The van der Waals surface area contributed by atoms with Gasteiger partial charge in [0.2, 0.25) is 0 Å². The number of nitrogens with one attached hydrogen (secondary N) is 1. The van der Waals surface area contributed by atoms with Crippen molar-refractivity contribution in [3.8, 4) is 0 Å². The maximum atomic E-state index is 13.5. The monoisotopic (exact) mass is 303 g/mol. The fraction of sp³-hybridized carbons (Fsp3) is 0.182. The zero-order valence-corrected chi connectivity index (χ0v) is 10.9. The quantitative estimate of drug-likeness (QED) is 0.681. The third-order valence-electron chi connectivity index (χ3n) is 2.49. The summed E-state index contributed by atoms with van der Waals surface area (Å²) in [4.78, 5) is 28.2. The molecular weight excluding hydrogens is 295 g/mol. The smallest absolute Gasteiger partial charge is 0.268 e. The van der Waals surface area contributed by atoms with E-state index in [0.717, 1.165) is 16.3 Å². The van der Waals surface area contributed by atoms with Gasteiger partial charge >= 0.3 is 11.4 Å². The maximum Gasteiger partial charge on any atom is 0.351 e. The Morgan fingerprint density at radius 2 is 1.85 bits per heavy atom. The van der Waals surface area contributed by atoms with E-state index in [1.807, 2.05) is 4.98 Å². The highest BCUT2D eigenvalue weighted by Gasteiger charge is 2.13. The zero-order chi connectivity index (χ0) is 14.9. The number of nitrogens with zero attached hydrogens (tertiary/aromatic N) is 2. The predicted molar refractivity (Wildman–Crippen MR) is 66.3 cm³/mol. The summed E-state index contributed by atoms with van der Waals surface area (Å²) in [6.45, 7) is -0.373. The Morgan fingerprint density at radius 1 is 1.20 bits per heavy atom. The number of aromatic nitrogens is 3. The summed E-state index contributed by atoms with van der Waals surface area (Å²) in [5.41, 5.74) is -1.87. The van der Waals surface area contributed by atoms with Crippen molar-refractivity contribution in [2.75, 3.05) is 6.26 Å². The van der Waals surface area contributed by atoms with Gasteiger partial charge in [0, 0.05) is 11.6 Å². The average Bonchev–Trinajstić information content (AvgIpc) is 2.38. The number of aromatic amines is 1. The second-order valence-corrected chi connectivity index (χ2v) is 4.55. The summed E-state index contributed by atoms with van der Waals surface area (Å²) in [5, 5.41) is 0.0443. The van der Waals surface area contributed by atoms with Crippen LogP contribution >= 0.6 is 11.8 Å². The van der Waals surface area contributed by atoms with E-state index in [1.165, 1.54) is 0 Å². The summed E-state index contributed by atoms with van der Waals surface area (Å²) in [7, 11) is 0. The highest BCUT2D eigenvalue weighted by molar-refractivity contribution is 7.98. The lowest BCUT2D eigenvalue weighted by molar-refractivity contribution is 0.484. The second kappa shape index (κ2) is 5.53. The first kappa shape index (κ1) is 14.4. The molecule has 0 saturated heterocycles. The first-order chi connectivity index (χ1) is 9.42. The van der Waals surface area contributed by atoms with Gasteiger partial charge in [0.25, 0.3) is 0 Å². The molecule has 0 spiro atoms. The van der Waals surface area contributed by atoms with E-state index in [-0.39, 0.29) is 17.3 Å². The molecule has 1 heterocycles. The number of thioether (sulfide) groups is 1. The first-order valence-corrected chi connectivity index (χ1v) is 6.53. The molecule has 0 bridgehead atoms. The Morgan fingerprint density at radius 3 is 2.50 bits per heavy atom. The van der Waals surface area contributed by atoms with Crippen LogP contribution in [0.5, 0.6) is 0 Å². The number of halogens is 3. The molecule has 5 nitrogen and oxygen atoms in total. The van der Waals surface area contributed by atoms with Crippen molar-refractivity contribution in [3.05, 3.63) is 56.1 Å². The molecule has 0 amide bonds. The van der Waals surface area contributed by atoms with Crippen molar-refractivity contribution in [1.82, 2.24) is 14.5 Å². The summed E-state index contributed by atoms with van der Waals surface area (Å²) in [6, 6.07) is 1.06. The molecule has 1 aromatic heterocycles. The normalized spacial score (nSPS) is 10.8. The van der Waals surface area contributed by atoms with Gasteiger partial charge in [-0.3, -0.25) is 9.55 Å². The molecule has 0 aliphatic rings. The number of hydrogen-bond acceptors (Lipinski definition) is 4. The second-order valence-electron chi connectivity index (χ2n) is 3.78. The van der Waals surface area contributed by atoms with E-state index in [2.05, 4.69) is 4.98 Å². The van der Waals surface area contributed by atoms with Gasteiger partial charge in [0.05, 0.1) is 6.54 Å². The molecular formula is C11H8F3N3O2S. The minimum Gasteiger partial charge on any atom is -0.268 e. The lowest BCUT2D eigenvalue weighted by Gasteiger charge is -2.10. The highest BCUT2D eigenvalue weighted by atomic mass is 32.2. The molecule has 2 aromatic rings. The lowest BCUT2D eigenvalue weighted by atomic mass is 10.2. The van der Waals surface area contributed by atoms with Gasteiger partial charge in [-0.05, 0) is 12.3 Å². The molecule has 106 valence electrons. The molecule has 0 saturated carbocycles. The van der Waals surface area contributed by atoms with E-state index < -0.39 is 28.8 Å².